The van der Waals surface area contributed by atoms with Gasteiger partial charge in [0.05, 0.1) is 12.7 Å². The predicted octanol–water partition coefficient (Wildman–Crippen LogP) is 3.79. The molecule has 3 heterocycles. The minimum Gasteiger partial charge on any atom is -0.359 e. The fourth-order valence-corrected chi connectivity index (χ4v) is 3.56. The van der Waals surface area contributed by atoms with E-state index in [2.05, 4.69) is 35.1 Å². The standard InChI is InChI=1S/C18H28N4O/c1-4-6-15-7-5-9-22(10-8-15)13-16-11-18(20-23-16)17-12-19-21(3)14(17)2/h11-12,15H,4-10,13H2,1-3H3/t15-/m1/s1. The van der Waals surface area contributed by atoms with Gasteiger partial charge in [-0.15, -0.1) is 0 Å². The molecule has 0 N–H and O–H groups in total. The molecule has 0 saturated carbocycles. The van der Waals surface area contributed by atoms with Gasteiger partial charge in [-0.25, -0.2) is 0 Å². The lowest BCUT2D eigenvalue weighted by Crippen LogP contribution is -2.24. The van der Waals surface area contributed by atoms with Gasteiger partial charge < -0.3 is 4.52 Å². The van der Waals surface area contributed by atoms with Crippen molar-refractivity contribution in [3.8, 4) is 11.3 Å². The second kappa shape index (κ2) is 7.30. The van der Waals surface area contributed by atoms with Crippen molar-refractivity contribution >= 4 is 0 Å². The van der Waals surface area contributed by atoms with Crippen LogP contribution < -0.4 is 0 Å². The molecule has 0 unspecified atom stereocenters. The normalized spacial score (nSPS) is 19.9. The van der Waals surface area contributed by atoms with E-state index in [0.717, 1.165) is 35.2 Å². The Morgan fingerprint density at radius 1 is 1.30 bits per heavy atom. The maximum absolute atomic E-state index is 5.57. The monoisotopic (exact) mass is 316 g/mol. The summed E-state index contributed by atoms with van der Waals surface area (Å²) < 4.78 is 7.44. The van der Waals surface area contributed by atoms with Crippen molar-refractivity contribution in [2.75, 3.05) is 13.1 Å². The van der Waals surface area contributed by atoms with Crippen LogP contribution in [0.3, 0.4) is 0 Å². The highest BCUT2D eigenvalue weighted by Gasteiger charge is 2.19. The van der Waals surface area contributed by atoms with Gasteiger partial charge in [0.15, 0.2) is 5.76 Å². The molecule has 3 rings (SSSR count). The lowest BCUT2D eigenvalue weighted by Gasteiger charge is -2.18. The Balaban J connectivity index is 1.62. The van der Waals surface area contributed by atoms with Crippen molar-refractivity contribution in [2.24, 2.45) is 13.0 Å². The van der Waals surface area contributed by atoms with E-state index in [1.807, 2.05) is 17.9 Å². The maximum Gasteiger partial charge on any atom is 0.151 e. The largest absolute Gasteiger partial charge is 0.359 e. The van der Waals surface area contributed by atoms with Gasteiger partial charge in [0.1, 0.15) is 5.69 Å². The Morgan fingerprint density at radius 3 is 2.91 bits per heavy atom. The summed E-state index contributed by atoms with van der Waals surface area (Å²) >= 11 is 0. The molecular formula is C18H28N4O. The van der Waals surface area contributed by atoms with Crippen LogP contribution >= 0.6 is 0 Å². The van der Waals surface area contributed by atoms with Crippen molar-refractivity contribution < 1.29 is 4.52 Å². The summed E-state index contributed by atoms with van der Waals surface area (Å²) in [6.07, 6.45) is 8.53. The third-order valence-corrected chi connectivity index (χ3v) is 5.09. The molecule has 0 aliphatic carbocycles. The molecule has 126 valence electrons. The molecule has 0 aromatic carbocycles. The number of nitrogens with zero attached hydrogens (tertiary/aromatic N) is 4. The second-order valence-electron chi connectivity index (χ2n) is 6.81. The summed E-state index contributed by atoms with van der Waals surface area (Å²) in [6.45, 7) is 7.55. The summed E-state index contributed by atoms with van der Waals surface area (Å²) in [5.41, 5.74) is 3.06. The van der Waals surface area contributed by atoms with Gasteiger partial charge in [-0.1, -0.05) is 24.9 Å². The van der Waals surface area contributed by atoms with Gasteiger partial charge >= 0.3 is 0 Å². The number of aromatic nitrogens is 3. The van der Waals surface area contributed by atoms with E-state index in [-0.39, 0.29) is 0 Å². The van der Waals surface area contributed by atoms with Crippen LogP contribution in [0, 0.1) is 12.8 Å². The molecule has 1 saturated heterocycles. The van der Waals surface area contributed by atoms with Crippen LogP contribution in [0.4, 0.5) is 0 Å². The number of rotatable bonds is 5. The molecule has 0 amide bonds. The summed E-state index contributed by atoms with van der Waals surface area (Å²) in [5.74, 6) is 1.87. The lowest BCUT2D eigenvalue weighted by atomic mass is 9.96. The second-order valence-corrected chi connectivity index (χ2v) is 6.81. The Morgan fingerprint density at radius 2 is 2.17 bits per heavy atom. The number of hydrogen-bond acceptors (Lipinski definition) is 4. The molecule has 2 aromatic heterocycles. The van der Waals surface area contributed by atoms with Crippen LogP contribution in [0.2, 0.25) is 0 Å². The Bertz CT molecular complexity index is 631. The molecular weight excluding hydrogens is 288 g/mol. The third kappa shape index (κ3) is 3.83. The molecule has 1 aliphatic rings. The first-order chi connectivity index (χ1) is 11.2. The number of likely N-dealkylation sites (tertiary alicyclic amines) is 1. The summed E-state index contributed by atoms with van der Waals surface area (Å²) in [5, 5.41) is 8.52. The Hall–Kier alpha value is -1.62. The zero-order valence-electron chi connectivity index (χ0n) is 14.6. The SMILES string of the molecule is CCC[C@@H]1CCCN(Cc2cc(-c3cnn(C)c3C)no2)CC1. The minimum atomic E-state index is 0.866. The van der Waals surface area contributed by atoms with Crippen LogP contribution in [0.25, 0.3) is 11.3 Å². The first-order valence-corrected chi connectivity index (χ1v) is 8.84. The van der Waals surface area contributed by atoms with Gasteiger partial charge in [-0.2, -0.15) is 5.10 Å². The molecule has 1 atom stereocenters. The van der Waals surface area contributed by atoms with Crippen molar-refractivity contribution in [2.45, 2.75) is 52.5 Å². The van der Waals surface area contributed by atoms with E-state index in [4.69, 9.17) is 4.52 Å². The van der Waals surface area contributed by atoms with Crippen LogP contribution in [-0.4, -0.2) is 32.9 Å². The fourth-order valence-electron chi connectivity index (χ4n) is 3.56. The maximum atomic E-state index is 5.57. The van der Waals surface area contributed by atoms with Gasteiger partial charge in [0, 0.05) is 24.4 Å². The average Bonchev–Trinajstić information content (AvgIpc) is 3.04. The summed E-state index contributed by atoms with van der Waals surface area (Å²) in [6, 6.07) is 2.07. The highest BCUT2D eigenvalue weighted by molar-refractivity contribution is 5.60. The van der Waals surface area contributed by atoms with E-state index in [1.165, 1.54) is 45.2 Å². The average molecular weight is 316 g/mol. The molecule has 1 aliphatic heterocycles. The van der Waals surface area contributed by atoms with Gasteiger partial charge in [-0.05, 0) is 45.2 Å². The number of aryl methyl sites for hydroxylation is 1. The van der Waals surface area contributed by atoms with E-state index in [0.29, 0.717) is 0 Å². The van der Waals surface area contributed by atoms with Gasteiger partial charge in [-0.3, -0.25) is 9.58 Å². The highest BCUT2D eigenvalue weighted by Crippen LogP contribution is 2.25. The van der Waals surface area contributed by atoms with E-state index in [1.54, 1.807) is 0 Å². The summed E-state index contributed by atoms with van der Waals surface area (Å²) in [7, 11) is 1.95. The molecule has 1 fully saturated rings. The molecule has 2 aromatic rings. The number of hydrogen-bond donors (Lipinski definition) is 0. The van der Waals surface area contributed by atoms with Crippen molar-refractivity contribution in [3.63, 3.8) is 0 Å². The molecule has 5 nitrogen and oxygen atoms in total. The Kier molecular flexibility index (Phi) is 5.16. The van der Waals surface area contributed by atoms with Gasteiger partial charge in [0.2, 0.25) is 0 Å². The molecule has 0 bridgehead atoms. The minimum absolute atomic E-state index is 0.866. The van der Waals surface area contributed by atoms with Gasteiger partial charge in [0.25, 0.3) is 0 Å². The van der Waals surface area contributed by atoms with Crippen molar-refractivity contribution in [1.29, 1.82) is 0 Å². The first kappa shape index (κ1) is 16.2. The van der Waals surface area contributed by atoms with Crippen molar-refractivity contribution in [1.82, 2.24) is 19.8 Å². The van der Waals surface area contributed by atoms with Crippen LogP contribution in [0.5, 0.6) is 0 Å². The zero-order valence-corrected chi connectivity index (χ0v) is 14.6. The highest BCUT2D eigenvalue weighted by atomic mass is 16.5. The van der Waals surface area contributed by atoms with E-state index >= 15 is 0 Å². The Labute approximate surface area is 138 Å². The van der Waals surface area contributed by atoms with Crippen LogP contribution in [0.1, 0.15) is 50.5 Å². The molecule has 0 spiro atoms. The topological polar surface area (TPSA) is 47.1 Å². The summed E-state index contributed by atoms with van der Waals surface area (Å²) in [4.78, 5) is 2.51. The zero-order chi connectivity index (χ0) is 16.2. The predicted molar refractivity (Wildman–Crippen MR) is 91.0 cm³/mol. The van der Waals surface area contributed by atoms with Crippen LogP contribution in [0.15, 0.2) is 16.8 Å². The van der Waals surface area contributed by atoms with Crippen molar-refractivity contribution in [3.05, 3.63) is 23.7 Å². The van der Waals surface area contributed by atoms with E-state index < -0.39 is 0 Å². The lowest BCUT2D eigenvalue weighted by molar-refractivity contribution is 0.235. The van der Waals surface area contributed by atoms with E-state index in [9.17, 15) is 0 Å². The molecule has 0 radical (unpaired) electrons. The third-order valence-electron chi connectivity index (χ3n) is 5.09. The smallest absolute Gasteiger partial charge is 0.151 e. The fraction of sp³-hybridized carbons (Fsp3) is 0.667. The molecule has 5 heteroatoms. The first-order valence-electron chi connectivity index (χ1n) is 8.84. The quantitative estimate of drug-likeness (QED) is 0.842. The molecule has 23 heavy (non-hydrogen) atoms. The van der Waals surface area contributed by atoms with Crippen LogP contribution in [-0.2, 0) is 13.6 Å².